The van der Waals surface area contributed by atoms with E-state index in [4.69, 9.17) is 21.3 Å². The van der Waals surface area contributed by atoms with Crippen molar-refractivity contribution in [3.63, 3.8) is 0 Å². The Balaban J connectivity index is 1.80. The molecular formula is C28H29ClF3N5O4. The van der Waals surface area contributed by atoms with Gasteiger partial charge >= 0.3 is 6.18 Å². The number of carbonyl (C=O) groups excluding carboxylic acids is 2. The molecule has 2 heterocycles. The molecule has 0 saturated heterocycles. The maximum atomic E-state index is 13.9. The molecule has 4 rings (SSSR count). The van der Waals surface area contributed by atoms with Crippen LogP contribution >= 0.6 is 11.6 Å². The summed E-state index contributed by atoms with van der Waals surface area (Å²) in [5.41, 5.74) is -0.288. The van der Waals surface area contributed by atoms with Crippen molar-refractivity contribution >= 4 is 29.4 Å². The summed E-state index contributed by atoms with van der Waals surface area (Å²) < 4.78 is 47.1. The quantitative estimate of drug-likeness (QED) is 0.431. The number of amides is 2. The highest BCUT2D eigenvalue weighted by Gasteiger charge is 2.36. The van der Waals surface area contributed by atoms with E-state index in [9.17, 15) is 27.6 Å². The third-order valence-corrected chi connectivity index (χ3v) is 7.05. The number of hydrogen-bond acceptors (Lipinski definition) is 6. The fourth-order valence-corrected chi connectivity index (χ4v) is 4.92. The van der Waals surface area contributed by atoms with E-state index < -0.39 is 34.3 Å². The summed E-state index contributed by atoms with van der Waals surface area (Å²) in [4.78, 5) is 45.6. The maximum absolute atomic E-state index is 13.9. The first kappa shape index (κ1) is 29.9. The summed E-state index contributed by atoms with van der Waals surface area (Å²) in [7, 11) is 2.92. The van der Waals surface area contributed by atoms with E-state index in [1.165, 1.54) is 35.8 Å². The Labute approximate surface area is 239 Å². The molecule has 0 spiro atoms. The second-order valence-electron chi connectivity index (χ2n) is 9.94. The van der Waals surface area contributed by atoms with Crippen LogP contribution in [0.3, 0.4) is 0 Å². The minimum absolute atomic E-state index is 0.0884. The number of rotatable bonds is 6. The zero-order chi connectivity index (χ0) is 30.2. The molecule has 2 amide bonds. The maximum Gasteiger partial charge on any atom is 0.417 e. The lowest BCUT2D eigenvalue weighted by atomic mass is 9.98. The summed E-state index contributed by atoms with van der Waals surface area (Å²) in [6.45, 7) is 5.34. The monoisotopic (exact) mass is 591 g/mol. The van der Waals surface area contributed by atoms with E-state index in [0.29, 0.717) is 22.5 Å². The summed E-state index contributed by atoms with van der Waals surface area (Å²) in [6.07, 6.45) is -4.61. The number of nitrogens with zero attached hydrogens (tertiary/aromatic N) is 3. The van der Waals surface area contributed by atoms with Gasteiger partial charge in [-0.15, -0.1) is 0 Å². The largest absolute Gasteiger partial charge is 0.495 e. The smallest absolute Gasteiger partial charge is 0.417 e. The van der Waals surface area contributed by atoms with Crippen molar-refractivity contribution in [2.45, 2.75) is 52.0 Å². The van der Waals surface area contributed by atoms with Crippen LogP contribution in [0.5, 0.6) is 5.75 Å². The second kappa shape index (κ2) is 11.4. The van der Waals surface area contributed by atoms with E-state index in [1.807, 2.05) is 13.8 Å². The van der Waals surface area contributed by atoms with Crippen LogP contribution in [0.2, 0.25) is 5.02 Å². The molecule has 2 N–H and O–H groups in total. The number of aromatic nitrogens is 2. The van der Waals surface area contributed by atoms with E-state index in [1.54, 1.807) is 19.1 Å². The van der Waals surface area contributed by atoms with E-state index in [0.717, 1.165) is 12.1 Å². The lowest BCUT2D eigenvalue weighted by Crippen LogP contribution is -2.46. The fourth-order valence-electron chi connectivity index (χ4n) is 4.70. The summed E-state index contributed by atoms with van der Waals surface area (Å²) in [5, 5.41) is 5.19. The molecule has 41 heavy (non-hydrogen) atoms. The highest BCUT2D eigenvalue weighted by Crippen LogP contribution is 2.36. The average molecular weight is 592 g/mol. The SMILES string of the molecule is CNC(=O)c1ccc(-n2c(NC(C)C)nc3c(c2=O)C[C@@H](C)N(C(=O)c2ccc(Cl)c(C(F)(F)F)c2)C3)c(OC)c1. The minimum atomic E-state index is -4.73. The molecule has 0 fully saturated rings. The van der Waals surface area contributed by atoms with Gasteiger partial charge in [0.1, 0.15) is 5.75 Å². The predicted molar refractivity (Wildman–Crippen MR) is 148 cm³/mol. The van der Waals surface area contributed by atoms with Crippen LogP contribution in [0.25, 0.3) is 5.69 Å². The Bertz CT molecular complexity index is 1570. The highest BCUT2D eigenvalue weighted by molar-refractivity contribution is 6.31. The summed E-state index contributed by atoms with van der Waals surface area (Å²) in [5.74, 6) is -0.512. The Morgan fingerprint density at radius 2 is 1.83 bits per heavy atom. The number of nitrogens with one attached hydrogen (secondary N) is 2. The van der Waals surface area contributed by atoms with Gasteiger partial charge in [-0.05, 0) is 63.6 Å². The predicted octanol–water partition coefficient (Wildman–Crippen LogP) is 4.68. The first-order valence-electron chi connectivity index (χ1n) is 12.8. The molecule has 0 unspecified atom stereocenters. The Kier molecular flexibility index (Phi) is 8.34. The van der Waals surface area contributed by atoms with Crippen molar-refractivity contribution in [2.75, 3.05) is 19.5 Å². The van der Waals surface area contributed by atoms with Crippen molar-refractivity contribution in [3.05, 3.63) is 79.7 Å². The number of anilines is 1. The van der Waals surface area contributed by atoms with Crippen molar-refractivity contribution in [2.24, 2.45) is 0 Å². The normalized spacial score (nSPS) is 15.0. The Hall–Kier alpha value is -4.06. The Morgan fingerprint density at radius 3 is 2.44 bits per heavy atom. The van der Waals surface area contributed by atoms with Crippen LogP contribution in [0.15, 0.2) is 41.2 Å². The van der Waals surface area contributed by atoms with Gasteiger partial charge in [0.25, 0.3) is 17.4 Å². The van der Waals surface area contributed by atoms with Crippen LogP contribution in [0.4, 0.5) is 19.1 Å². The molecule has 218 valence electrons. The van der Waals surface area contributed by atoms with Gasteiger partial charge in [0, 0.05) is 35.8 Å². The third kappa shape index (κ3) is 5.88. The topological polar surface area (TPSA) is 106 Å². The van der Waals surface area contributed by atoms with Crippen LogP contribution in [-0.2, 0) is 19.1 Å². The zero-order valence-corrected chi connectivity index (χ0v) is 23.8. The van der Waals surface area contributed by atoms with Gasteiger partial charge < -0.3 is 20.3 Å². The Morgan fingerprint density at radius 1 is 1.15 bits per heavy atom. The van der Waals surface area contributed by atoms with Gasteiger partial charge in [0.2, 0.25) is 5.95 Å². The average Bonchev–Trinajstić information content (AvgIpc) is 2.91. The van der Waals surface area contributed by atoms with Gasteiger partial charge in [-0.3, -0.25) is 14.4 Å². The molecule has 13 heteroatoms. The number of alkyl halides is 3. The molecule has 1 aliphatic heterocycles. The van der Waals surface area contributed by atoms with E-state index in [2.05, 4.69) is 10.6 Å². The van der Waals surface area contributed by atoms with Crippen molar-refractivity contribution < 1.29 is 27.5 Å². The summed E-state index contributed by atoms with van der Waals surface area (Å²) in [6, 6.07) is 7.03. The lowest BCUT2D eigenvalue weighted by molar-refractivity contribution is -0.137. The summed E-state index contributed by atoms with van der Waals surface area (Å²) >= 11 is 5.73. The van der Waals surface area contributed by atoms with Gasteiger partial charge in [-0.1, -0.05) is 11.6 Å². The zero-order valence-electron chi connectivity index (χ0n) is 23.0. The molecule has 0 radical (unpaired) electrons. The molecule has 9 nitrogen and oxygen atoms in total. The first-order valence-corrected chi connectivity index (χ1v) is 13.1. The van der Waals surface area contributed by atoms with Gasteiger partial charge in [0.05, 0.1) is 35.6 Å². The molecule has 0 aliphatic carbocycles. The number of benzene rings is 2. The highest BCUT2D eigenvalue weighted by atomic mass is 35.5. The van der Waals surface area contributed by atoms with Gasteiger partial charge in [-0.2, -0.15) is 13.2 Å². The number of halogens is 4. The van der Waals surface area contributed by atoms with Gasteiger partial charge in [-0.25, -0.2) is 9.55 Å². The number of carbonyl (C=O) groups is 2. The molecule has 2 aromatic carbocycles. The van der Waals surface area contributed by atoms with Crippen LogP contribution in [0.1, 0.15) is 58.3 Å². The first-order chi connectivity index (χ1) is 19.3. The number of methoxy groups -OCH3 is 1. The molecule has 0 saturated carbocycles. The van der Waals surface area contributed by atoms with E-state index >= 15 is 0 Å². The third-order valence-electron chi connectivity index (χ3n) is 6.72. The van der Waals surface area contributed by atoms with Crippen LogP contribution in [-0.4, -0.2) is 52.5 Å². The second-order valence-corrected chi connectivity index (χ2v) is 10.4. The molecule has 1 aromatic heterocycles. The van der Waals surface area contributed by atoms with Crippen molar-refractivity contribution in [1.29, 1.82) is 0 Å². The fraction of sp³-hybridized carbons (Fsp3) is 0.357. The van der Waals surface area contributed by atoms with Gasteiger partial charge in [0.15, 0.2) is 0 Å². The molecule has 1 aliphatic rings. The van der Waals surface area contributed by atoms with E-state index in [-0.39, 0.29) is 42.2 Å². The van der Waals surface area contributed by atoms with Crippen molar-refractivity contribution in [1.82, 2.24) is 19.8 Å². The number of hydrogen-bond donors (Lipinski definition) is 2. The van der Waals surface area contributed by atoms with Crippen LogP contribution < -0.4 is 20.9 Å². The standard InChI is InChI=1S/C28H29ClF3N5O4/c1-14(2)34-27-35-21-13-36(25(39)17-6-8-20(29)19(11-17)28(30,31)32)15(3)10-18(21)26(40)37(27)22-9-7-16(24(38)33-4)12-23(22)41-5/h6-9,11-12,14-15H,10,13H2,1-5H3,(H,33,38)(H,34,35)/t15-/m1/s1. The van der Waals surface area contributed by atoms with Crippen molar-refractivity contribution in [3.8, 4) is 11.4 Å². The lowest BCUT2D eigenvalue weighted by Gasteiger charge is -2.35. The molecular weight excluding hydrogens is 563 g/mol. The molecule has 3 aromatic rings. The minimum Gasteiger partial charge on any atom is -0.495 e. The number of ether oxygens (including phenoxy) is 1. The molecule has 0 bridgehead atoms. The number of fused-ring (bicyclic) bond motifs is 1. The van der Waals surface area contributed by atoms with Crippen LogP contribution in [0, 0.1) is 0 Å². The molecule has 1 atom stereocenters.